The van der Waals surface area contributed by atoms with Crippen LogP contribution in [0.15, 0.2) is 18.2 Å². The molecule has 142 valence electrons. The van der Waals surface area contributed by atoms with Gasteiger partial charge in [0.25, 0.3) is 5.91 Å². The number of nitrogens with zero attached hydrogens (tertiary/aromatic N) is 6. The number of aryl methyl sites for hydroxylation is 4. The van der Waals surface area contributed by atoms with Gasteiger partial charge in [0.15, 0.2) is 5.65 Å². The molecule has 8 heteroatoms. The monoisotopic (exact) mass is 367 g/mol. The van der Waals surface area contributed by atoms with Gasteiger partial charge in [0.1, 0.15) is 11.5 Å². The molecule has 1 fully saturated rings. The summed E-state index contributed by atoms with van der Waals surface area (Å²) in [5.74, 6) is 0.912. The van der Waals surface area contributed by atoms with E-state index in [1.807, 2.05) is 44.5 Å². The van der Waals surface area contributed by atoms with Crippen molar-refractivity contribution in [3.8, 4) is 0 Å². The number of anilines is 1. The predicted octanol–water partition coefficient (Wildman–Crippen LogP) is 1.79. The van der Waals surface area contributed by atoms with Gasteiger partial charge < -0.3 is 10.2 Å². The highest BCUT2D eigenvalue weighted by Gasteiger charge is 2.25. The Morgan fingerprint density at radius 1 is 1.15 bits per heavy atom. The van der Waals surface area contributed by atoms with Gasteiger partial charge in [-0.3, -0.25) is 9.48 Å². The molecule has 1 atom stereocenters. The maximum Gasteiger partial charge on any atom is 0.272 e. The molecule has 27 heavy (non-hydrogen) atoms. The number of hydrogen-bond acceptors (Lipinski definition) is 5. The van der Waals surface area contributed by atoms with Crippen LogP contribution in [-0.2, 0) is 7.05 Å². The molecule has 0 spiro atoms. The molecule has 3 aromatic rings. The number of aromatic nitrogens is 5. The van der Waals surface area contributed by atoms with Crippen molar-refractivity contribution in [3.05, 3.63) is 41.0 Å². The zero-order chi connectivity index (χ0) is 19.1. The van der Waals surface area contributed by atoms with Gasteiger partial charge >= 0.3 is 0 Å². The standard InChI is InChI=1S/C19H25N7O/c1-12-9-18(26-17(20-12)8-13(2)22-26)25-7-5-6-15(11-25)21-19(27)16-10-14(3)24(4)23-16/h8-10,15H,5-7,11H2,1-4H3,(H,21,27). The van der Waals surface area contributed by atoms with Crippen LogP contribution in [0, 0.1) is 20.8 Å². The molecule has 0 aromatic carbocycles. The first-order valence-corrected chi connectivity index (χ1v) is 9.31. The van der Waals surface area contributed by atoms with Crippen LogP contribution >= 0.6 is 0 Å². The lowest BCUT2D eigenvalue weighted by atomic mass is 10.1. The van der Waals surface area contributed by atoms with Crippen LogP contribution < -0.4 is 10.2 Å². The molecule has 4 rings (SSSR count). The molecule has 1 N–H and O–H groups in total. The summed E-state index contributed by atoms with van der Waals surface area (Å²) in [7, 11) is 1.84. The molecule has 1 unspecified atom stereocenters. The Labute approximate surface area is 158 Å². The van der Waals surface area contributed by atoms with Crippen molar-refractivity contribution in [1.82, 2.24) is 29.7 Å². The Kier molecular flexibility index (Phi) is 4.33. The van der Waals surface area contributed by atoms with Crippen LogP contribution in [0.1, 0.15) is 40.4 Å². The number of carbonyl (C=O) groups is 1. The van der Waals surface area contributed by atoms with E-state index >= 15 is 0 Å². The molecule has 1 aliphatic heterocycles. The van der Waals surface area contributed by atoms with Crippen molar-refractivity contribution in [3.63, 3.8) is 0 Å². The van der Waals surface area contributed by atoms with E-state index in [-0.39, 0.29) is 11.9 Å². The third kappa shape index (κ3) is 3.39. The second kappa shape index (κ2) is 6.68. The largest absolute Gasteiger partial charge is 0.354 e. The summed E-state index contributed by atoms with van der Waals surface area (Å²) < 4.78 is 3.62. The number of amides is 1. The Hall–Kier alpha value is -2.90. The van der Waals surface area contributed by atoms with Crippen molar-refractivity contribution >= 4 is 17.4 Å². The lowest BCUT2D eigenvalue weighted by Crippen LogP contribution is -2.48. The normalized spacial score (nSPS) is 17.5. The topological polar surface area (TPSA) is 80.4 Å². The minimum atomic E-state index is -0.114. The summed E-state index contributed by atoms with van der Waals surface area (Å²) in [6, 6.07) is 5.95. The molecule has 0 saturated carbocycles. The van der Waals surface area contributed by atoms with Gasteiger partial charge in [-0.05, 0) is 39.7 Å². The van der Waals surface area contributed by atoms with Crippen LogP contribution in [0.5, 0.6) is 0 Å². The van der Waals surface area contributed by atoms with Crippen LogP contribution in [0.25, 0.3) is 5.65 Å². The summed E-state index contributed by atoms with van der Waals surface area (Å²) in [5, 5.41) is 12.0. The van der Waals surface area contributed by atoms with Crippen molar-refractivity contribution in [2.45, 2.75) is 39.7 Å². The van der Waals surface area contributed by atoms with E-state index in [0.29, 0.717) is 5.69 Å². The van der Waals surface area contributed by atoms with E-state index in [1.165, 1.54) is 0 Å². The fraction of sp³-hybridized carbons (Fsp3) is 0.474. The van der Waals surface area contributed by atoms with Crippen molar-refractivity contribution < 1.29 is 4.79 Å². The summed E-state index contributed by atoms with van der Waals surface area (Å²) in [5.41, 5.74) is 4.21. The summed E-state index contributed by atoms with van der Waals surface area (Å²) in [6.07, 6.45) is 1.97. The Balaban J connectivity index is 1.54. The third-order valence-electron chi connectivity index (χ3n) is 5.09. The number of piperidine rings is 1. The highest BCUT2D eigenvalue weighted by molar-refractivity contribution is 5.92. The first kappa shape index (κ1) is 17.5. The first-order chi connectivity index (χ1) is 12.9. The maximum absolute atomic E-state index is 12.6. The van der Waals surface area contributed by atoms with E-state index < -0.39 is 0 Å². The molecule has 0 radical (unpaired) electrons. The molecule has 3 aromatic heterocycles. The van der Waals surface area contributed by atoms with Crippen molar-refractivity contribution in [2.24, 2.45) is 7.05 Å². The molecular formula is C19H25N7O. The van der Waals surface area contributed by atoms with Crippen LogP contribution in [-0.4, -0.2) is 49.4 Å². The summed E-state index contributed by atoms with van der Waals surface area (Å²) in [6.45, 7) is 7.59. The quantitative estimate of drug-likeness (QED) is 0.763. The zero-order valence-corrected chi connectivity index (χ0v) is 16.2. The highest BCUT2D eigenvalue weighted by atomic mass is 16.2. The van der Waals surface area contributed by atoms with Gasteiger partial charge in [0.05, 0.1) is 5.69 Å². The fourth-order valence-electron chi connectivity index (χ4n) is 3.65. The predicted molar refractivity (Wildman–Crippen MR) is 103 cm³/mol. The van der Waals surface area contributed by atoms with Crippen LogP contribution in [0.3, 0.4) is 0 Å². The molecule has 0 aliphatic carbocycles. The van der Waals surface area contributed by atoms with E-state index in [0.717, 1.165) is 54.5 Å². The summed E-state index contributed by atoms with van der Waals surface area (Å²) >= 11 is 0. The van der Waals surface area contributed by atoms with Gasteiger partial charge in [-0.25, -0.2) is 4.98 Å². The molecule has 1 amide bonds. The Morgan fingerprint density at radius 2 is 1.96 bits per heavy atom. The van der Waals surface area contributed by atoms with E-state index in [1.54, 1.807) is 4.68 Å². The van der Waals surface area contributed by atoms with Gasteiger partial charge in [0, 0.05) is 49.7 Å². The lowest BCUT2D eigenvalue weighted by Gasteiger charge is -2.34. The van der Waals surface area contributed by atoms with E-state index in [2.05, 4.69) is 31.5 Å². The minimum Gasteiger partial charge on any atom is -0.354 e. The molecule has 4 heterocycles. The molecule has 0 bridgehead atoms. The second-order valence-corrected chi connectivity index (χ2v) is 7.36. The number of hydrogen-bond donors (Lipinski definition) is 1. The first-order valence-electron chi connectivity index (χ1n) is 9.31. The number of rotatable bonds is 3. The SMILES string of the molecule is Cc1cc(N2CCCC(NC(=O)c3cc(C)n(C)n3)C2)n2nc(C)cc2n1. The highest BCUT2D eigenvalue weighted by Crippen LogP contribution is 2.22. The van der Waals surface area contributed by atoms with Crippen LogP contribution in [0.2, 0.25) is 0 Å². The number of fused-ring (bicyclic) bond motifs is 1. The average molecular weight is 367 g/mol. The Bertz CT molecular complexity index is 984. The van der Waals surface area contributed by atoms with Crippen LogP contribution in [0.4, 0.5) is 5.82 Å². The third-order valence-corrected chi connectivity index (χ3v) is 5.09. The lowest BCUT2D eigenvalue weighted by molar-refractivity contribution is 0.0927. The molecular weight excluding hydrogens is 342 g/mol. The molecule has 1 aliphatic rings. The summed E-state index contributed by atoms with van der Waals surface area (Å²) in [4.78, 5) is 19.4. The van der Waals surface area contributed by atoms with Gasteiger partial charge in [0.2, 0.25) is 0 Å². The van der Waals surface area contributed by atoms with Gasteiger partial charge in [-0.2, -0.15) is 14.7 Å². The number of nitrogens with one attached hydrogen (secondary N) is 1. The second-order valence-electron chi connectivity index (χ2n) is 7.36. The average Bonchev–Trinajstić information content (AvgIpc) is 3.16. The Morgan fingerprint density at radius 3 is 2.70 bits per heavy atom. The van der Waals surface area contributed by atoms with Crippen molar-refractivity contribution in [1.29, 1.82) is 0 Å². The molecule has 1 saturated heterocycles. The fourth-order valence-corrected chi connectivity index (χ4v) is 3.65. The van der Waals surface area contributed by atoms with E-state index in [4.69, 9.17) is 0 Å². The zero-order valence-electron chi connectivity index (χ0n) is 16.2. The van der Waals surface area contributed by atoms with Gasteiger partial charge in [-0.15, -0.1) is 0 Å². The van der Waals surface area contributed by atoms with E-state index in [9.17, 15) is 4.79 Å². The maximum atomic E-state index is 12.6. The number of carbonyl (C=O) groups excluding carboxylic acids is 1. The minimum absolute atomic E-state index is 0.0775. The smallest absolute Gasteiger partial charge is 0.272 e. The molecule has 8 nitrogen and oxygen atoms in total. The van der Waals surface area contributed by atoms with Crippen molar-refractivity contribution in [2.75, 3.05) is 18.0 Å². The van der Waals surface area contributed by atoms with Gasteiger partial charge in [-0.1, -0.05) is 0 Å².